The van der Waals surface area contributed by atoms with Crippen molar-refractivity contribution >= 4 is 22.5 Å². The van der Waals surface area contributed by atoms with Crippen LogP contribution in [0.25, 0.3) is 10.8 Å². The number of benzene rings is 4. The van der Waals surface area contributed by atoms with Gasteiger partial charge in [-0.3, -0.25) is 15.1 Å². The first-order valence-corrected chi connectivity index (χ1v) is 10.9. The Labute approximate surface area is 197 Å². The lowest BCUT2D eigenvalue weighted by Crippen LogP contribution is -2.33. The molecule has 0 radical (unpaired) electrons. The van der Waals surface area contributed by atoms with Crippen molar-refractivity contribution in [2.75, 3.05) is 13.7 Å². The van der Waals surface area contributed by atoms with E-state index in [4.69, 9.17) is 9.73 Å². The average Bonchev–Trinajstić information content (AvgIpc) is 2.88. The smallest absolute Gasteiger partial charge is 0.331 e. The number of ether oxygens (including phenoxy) is 1. The van der Waals surface area contributed by atoms with E-state index >= 15 is 0 Å². The van der Waals surface area contributed by atoms with Crippen molar-refractivity contribution in [1.82, 2.24) is 0 Å². The molecule has 0 heterocycles. The number of nitrogens with zero attached hydrogens (tertiary/aromatic N) is 2. The van der Waals surface area contributed by atoms with Gasteiger partial charge in [0.2, 0.25) is 6.54 Å². The van der Waals surface area contributed by atoms with E-state index in [1.165, 1.54) is 7.11 Å². The van der Waals surface area contributed by atoms with Crippen molar-refractivity contribution in [2.24, 2.45) is 4.99 Å². The highest BCUT2D eigenvalue weighted by Crippen LogP contribution is 2.28. The highest BCUT2D eigenvalue weighted by atomic mass is 16.6. The fourth-order valence-electron chi connectivity index (χ4n) is 4.06. The van der Waals surface area contributed by atoms with Crippen LogP contribution in [0.15, 0.2) is 108 Å². The lowest BCUT2D eigenvalue weighted by Gasteiger charge is -2.22. The number of hydrogen-bond donors (Lipinski definition) is 0. The normalized spacial score (nSPS) is 12.5. The summed E-state index contributed by atoms with van der Waals surface area (Å²) in [7, 11) is 1.28. The molecule has 0 aliphatic carbocycles. The Morgan fingerprint density at radius 1 is 0.853 bits per heavy atom. The standard InChI is InChI=1S/C28H24N2O4/c1-34-28(31)27(29-26(21-11-4-2-5-12-21)22-13-6-3-7-14-22)25(19-30(32)33)24-17-16-20-10-8-9-15-23(20)18-24/h2-18,25,27H,19H2,1H3/t25-,27+/m1/s1. The minimum atomic E-state index is -1.10. The molecule has 0 unspecified atom stereocenters. The molecule has 0 aliphatic heterocycles. The van der Waals surface area contributed by atoms with Crippen molar-refractivity contribution < 1.29 is 14.5 Å². The largest absolute Gasteiger partial charge is 0.467 e. The van der Waals surface area contributed by atoms with E-state index in [9.17, 15) is 14.9 Å². The molecule has 0 fully saturated rings. The zero-order valence-corrected chi connectivity index (χ0v) is 18.7. The highest BCUT2D eigenvalue weighted by Gasteiger charge is 2.35. The van der Waals surface area contributed by atoms with Gasteiger partial charge in [0.25, 0.3) is 0 Å². The summed E-state index contributed by atoms with van der Waals surface area (Å²) in [5.41, 5.74) is 2.85. The summed E-state index contributed by atoms with van der Waals surface area (Å²) >= 11 is 0. The van der Waals surface area contributed by atoms with Gasteiger partial charge in [-0.2, -0.15) is 0 Å². The summed E-state index contributed by atoms with van der Waals surface area (Å²) < 4.78 is 5.09. The van der Waals surface area contributed by atoms with Crippen LogP contribution in [-0.4, -0.2) is 36.3 Å². The fraction of sp³-hybridized carbons (Fsp3) is 0.143. The van der Waals surface area contributed by atoms with Crippen molar-refractivity contribution in [3.63, 3.8) is 0 Å². The van der Waals surface area contributed by atoms with E-state index < -0.39 is 29.4 Å². The van der Waals surface area contributed by atoms with Crippen LogP contribution in [0.5, 0.6) is 0 Å². The highest BCUT2D eigenvalue weighted by molar-refractivity contribution is 6.13. The van der Waals surface area contributed by atoms with Crippen LogP contribution in [0.2, 0.25) is 0 Å². The molecule has 0 bridgehead atoms. The molecular weight excluding hydrogens is 428 g/mol. The molecule has 0 aliphatic rings. The predicted octanol–water partition coefficient (Wildman–Crippen LogP) is 5.28. The third kappa shape index (κ3) is 5.18. The lowest BCUT2D eigenvalue weighted by atomic mass is 9.89. The van der Waals surface area contributed by atoms with E-state index in [0.717, 1.165) is 21.9 Å². The number of aliphatic imine (C=N–C) groups is 1. The molecule has 34 heavy (non-hydrogen) atoms. The quantitative estimate of drug-likeness (QED) is 0.158. The van der Waals surface area contributed by atoms with Gasteiger partial charge in [-0.25, -0.2) is 4.79 Å². The average molecular weight is 453 g/mol. The van der Waals surface area contributed by atoms with Crippen LogP contribution in [0.3, 0.4) is 0 Å². The summed E-state index contributed by atoms with van der Waals surface area (Å²) in [6.45, 7) is -0.460. The van der Waals surface area contributed by atoms with E-state index in [1.54, 1.807) is 0 Å². The van der Waals surface area contributed by atoms with Gasteiger partial charge >= 0.3 is 5.97 Å². The van der Waals surface area contributed by atoms with E-state index in [0.29, 0.717) is 11.3 Å². The van der Waals surface area contributed by atoms with Gasteiger partial charge in [0.15, 0.2) is 6.04 Å². The van der Waals surface area contributed by atoms with Crippen molar-refractivity contribution in [3.05, 3.63) is 130 Å². The predicted molar refractivity (Wildman–Crippen MR) is 133 cm³/mol. The van der Waals surface area contributed by atoms with Gasteiger partial charge in [-0.05, 0) is 16.3 Å². The maximum absolute atomic E-state index is 13.0. The Kier molecular flexibility index (Phi) is 7.08. The van der Waals surface area contributed by atoms with Crippen LogP contribution in [0, 0.1) is 10.1 Å². The molecule has 4 rings (SSSR count). The first-order chi connectivity index (χ1) is 16.6. The van der Waals surface area contributed by atoms with Gasteiger partial charge in [0, 0.05) is 16.1 Å². The minimum Gasteiger partial charge on any atom is -0.467 e. The number of carbonyl (C=O) groups is 1. The number of hydrogen-bond acceptors (Lipinski definition) is 5. The number of carbonyl (C=O) groups excluding carboxylic acids is 1. The molecule has 0 spiro atoms. The maximum Gasteiger partial charge on any atom is 0.331 e. The van der Waals surface area contributed by atoms with Crippen LogP contribution < -0.4 is 0 Å². The molecule has 6 heteroatoms. The number of esters is 1. The molecule has 170 valence electrons. The first kappa shape index (κ1) is 22.9. The van der Waals surface area contributed by atoms with E-state index in [2.05, 4.69) is 0 Å². The zero-order valence-electron chi connectivity index (χ0n) is 18.7. The molecule has 0 aromatic heterocycles. The molecule has 0 amide bonds. The molecule has 0 saturated heterocycles. The molecule has 2 atom stereocenters. The second-order valence-corrected chi connectivity index (χ2v) is 7.91. The molecule has 4 aromatic rings. The number of nitro groups is 1. The molecular formula is C28H24N2O4. The summed E-state index contributed by atoms with van der Waals surface area (Å²) in [5.74, 6) is -1.43. The van der Waals surface area contributed by atoms with Gasteiger partial charge in [0.05, 0.1) is 18.7 Å². The molecule has 0 N–H and O–H groups in total. The van der Waals surface area contributed by atoms with E-state index in [-0.39, 0.29) is 0 Å². The van der Waals surface area contributed by atoms with Gasteiger partial charge in [-0.1, -0.05) is 103 Å². The summed E-state index contributed by atoms with van der Waals surface area (Å²) in [5, 5.41) is 13.6. The minimum absolute atomic E-state index is 0.407. The second-order valence-electron chi connectivity index (χ2n) is 7.91. The third-order valence-corrected chi connectivity index (χ3v) is 5.73. The summed E-state index contributed by atoms with van der Waals surface area (Å²) in [4.78, 5) is 29.1. The van der Waals surface area contributed by atoms with Crippen molar-refractivity contribution in [1.29, 1.82) is 0 Å². The summed E-state index contributed by atoms with van der Waals surface area (Å²) in [6, 6.07) is 31.2. The summed E-state index contributed by atoms with van der Waals surface area (Å²) in [6.07, 6.45) is 0. The Hall–Kier alpha value is -4.32. The number of methoxy groups -OCH3 is 1. The molecule has 4 aromatic carbocycles. The second kappa shape index (κ2) is 10.5. The Morgan fingerprint density at radius 3 is 1.97 bits per heavy atom. The van der Waals surface area contributed by atoms with Crippen molar-refractivity contribution in [3.8, 4) is 0 Å². The number of fused-ring (bicyclic) bond motifs is 1. The first-order valence-electron chi connectivity index (χ1n) is 10.9. The van der Waals surface area contributed by atoms with Gasteiger partial charge < -0.3 is 4.74 Å². The Balaban J connectivity index is 1.89. The monoisotopic (exact) mass is 452 g/mol. The van der Waals surface area contributed by atoms with Crippen LogP contribution in [0.4, 0.5) is 0 Å². The zero-order chi connectivity index (χ0) is 23.9. The maximum atomic E-state index is 13.0. The SMILES string of the molecule is COC(=O)[C@@H](N=C(c1ccccc1)c1ccccc1)[C@H](C[N+](=O)[O-])c1ccc2ccccc2c1. The van der Waals surface area contributed by atoms with Crippen LogP contribution >= 0.6 is 0 Å². The van der Waals surface area contributed by atoms with Gasteiger partial charge in [0.1, 0.15) is 0 Å². The molecule has 0 saturated carbocycles. The van der Waals surface area contributed by atoms with Crippen molar-refractivity contribution in [2.45, 2.75) is 12.0 Å². The van der Waals surface area contributed by atoms with E-state index in [1.807, 2.05) is 103 Å². The van der Waals surface area contributed by atoms with Crippen LogP contribution in [0.1, 0.15) is 22.6 Å². The van der Waals surface area contributed by atoms with Crippen LogP contribution in [-0.2, 0) is 9.53 Å². The number of rotatable bonds is 8. The topological polar surface area (TPSA) is 81.8 Å². The fourth-order valence-corrected chi connectivity index (χ4v) is 4.06. The molecule has 6 nitrogen and oxygen atoms in total. The van der Waals surface area contributed by atoms with Gasteiger partial charge in [-0.15, -0.1) is 0 Å². The Morgan fingerprint density at radius 2 is 1.41 bits per heavy atom. The lowest BCUT2D eigenvalue weighted by molar-refractivity contribution is -0.483. The third-order valence-electron chi connectivity index (χ3n) is 5.73. The Bertz CT molecular complexity index is 1280.